The average molecular weight is 703 g/mol. The van der Waals surface area contributed by atoms with Crippen molar-refractivity contribution in [3.63, 3.8) is 0 Å². The van der Waals surface area contributed by atoms with Gasteiger partial charge in [0.2, 0.25) is 11.8 Å². The summed E-state index contributed by atoms with van der Waals surface area (Å²) in [6, 6.07) is 16.9. The van der Waals surface area contributed by atoms with Gasteiger partial charge in [-0.05, 0) is 165 Å². The van der Waals surface area contributed by atoms with Crippen LogP contribution in [0, 0.1) is 35.5 Å². The van der Waals surface area contributed by atoms with E-state index >= 15 is 0 Å². The van der Waals surface area contributed by atoms with Gasteiger partial charge in [-0.15, -0.1) is 0 Å². The van der Waals surface area contributed by atoms with Crippen LogP contribution in [0.25, 0.3) is 0 Å². The molecule has 0 aliphatic heterocycles. The van der Waals surface area contributed by atoms with Gasteiger partial charge in [0, 0.05) is 49.1 Å². The van der Waals surface area contributed by atoms with Gasteiger partial charge in [-0.25, -0.2) is 4.79 Å². The number of carbonyl (C=O) groups excluding carboxylic acids is 2. The maximum atomic E-state index is 13.5. The van der Waals surface area contributed by atoms with Crippen LogP contribution in [0.5, 0.6) is 0 Å². The lowest BCUT2D eigenvalue weighted by atomic mass is 9.48. The number of nitrogens with one attached hydrogen (secondary N) is 2. The fourth-order valence-corrected chi connectivity index (χ4v) is 12.9. The number of hydrogen-bond acceptors (Lipinski definition) is 4. The van der Waals surface area contributed by atoms with Gasteiger partial charge in [-0.1, -0.05) is 31.2 Å². The first-order valence-electron chi connectivity index (χ1n) is 20.3. The Labute approximate surface area is 306 Å². The van der Waals surface area contributed by atoms with Crippen LogP contribution in [0.3, 0.4) is 0 Å². The molecule has 8 aliphatic carbocycles. The summed E-state index contributed by atoms with van der Waals surface area (Å²) in [6.45, 7) is 1.99. The lowest BCUT2D eigenvalue weighted by molar-refractivity contribution is -0.117. The first kappa shape index (κ1) is 33.9. The molecule has 2 aromatic carbocycles. The Kier molecular flexibility index (Phi) is 8.58. The number of nitrogens with zero attached hydrogens (tertiary/aromatic N) is 2. The van der Waals surface area contributed by atoms with Crippen molar-refractivity contribution < 1.29 is 9.59 Å². The van der Waals surface area contributed by atoms with Gasteiger partial charge >= 0.3 is 5.69 Å². The van der Waals surface area contributed by atoms with Crippen LogP contribution in [0.2, 0.25) is 0 Å². The van der Waals surface area contributed by atoms with Gasteiger partial charge in [-0.3, -0.25) is 23.5 Å². The van der Waals surface area contributed by atoms with Crippen LogP contribution < -0.4 is 21.9 Å². The molecule has 274 valence electrons. The van der Waals surface area contributed by atoms with E-state index in [2.05, 4.69) is 34.9 Å². The normalized spacial score (nSPS) is 32.2. The molecule has 8 nitrogen and oxygen atoms in total. The van der Waals surface area contributed by atoms with E-state index in [0.717, 1.165) is 51.4 Å². The predicted molar refractivity (Wildman–Crippen MR) is 203 cm³/mol. The molecule has 0 atom stereocenters. The lowest BCUT2D eigenvalue weighted by Crippen LogP contribution is -2.48. The summed E-state index contributed by atoms with van der Waals surface area (Å²) >= 11 is 0. The van der Waals surface area contributed by atoms with Crippen LogP contribution in [0.15, 0.2) is 64.3 Å². The van der Waals surface area contributed by atoms with Crippen molar-refractivity contribution in [2.45, 2.75) is 127 Å². The second-order valence-corrected chi connectivity index (χ2v) is 18.1. The molecule has 2 N–H and O–H groups in total. The number of hydrogen-bond donors (Lipinski definition) is 2. The smallest absolute Gasteiger partial charge is 0.326 e. The van der Waals surface area contributed by atoms with Crippen molar-refractivity contribution >= 4 is 23.2 Å². The molecular formula is C44H54N4O4. The summed E-state index contributed by atoms with van der Waals surface area (Å²) in [4.78, 5) is 52.7. The summed E-state index contributed by atoms with van der Waals surface area (Å²) in [6.07, 6.45) is 18.4. The lowest BCUT2D eigenvalue weighted by Gasteiger charge is -2.57. The van der Waals surface area contributed by atoms with Crippen LogP contribution in [0.1, 0.15) is 114 Å². The van der Waals surface area contributed by atoms with E-state index in [1.165, 1.54) is 92.7 Å². The third-order valence-corrected chi connectivity index (χ3v) is 14.5. The Morgan fingerprint density at radius 3 is 1.38 bits per heavy atom. The Bertz CT molecular complexity index is 1900. The summed E-state index contributed by atoms with van der Waals surface area (Å²) in [5, 5.41) is 5.99. The van der Waals surface area contributed by atoms with Crippen LogP contribution in [-0.2, 0) is 39.9 Å². The maximum Gasteiger partial charge on any atom is 0.330 e. The molecule has 0 saturated heterocycles. The third-order valence-electron chi connectivity index (χ3n) is 14.5. The van der Waals surface area contributed by atoms with Crippen molar-refractivity contribution in [2.75, 3.05) is 10.6 Å². The maximum absolute atomic E-state index is 13.5. The topological polar surface area (TPSA) is 102 Å². The highest BCUT2D eigenvalue weighted by molar-refractivity contribution is 5.91. The zero-order valence-corrected chi connectivity index (χ0v) is 30.7. The fraction of sp³-hybridized carbons (Fsp3) is 0.591. The minimum absolute atomic E-state index is 0.00121. The summed E-state index contributed by atoms with van der Waals surface area (Å²) < 4.78 is 2.59. The van der Waals surface area contributed by atoms with E-state index < -0.39 is 5.69 Å². The van der Waals surface area contributed by atoms with Crippen molar-refractivity contribution in [1.29, 1.82) is 0 Å². The molecule has 0 spiro atoms. The SMILES string of the molecule is CCc1cn(CCC(=O)Nc2ccc(C34CC5CC(CC(C5)C3)C4)cc2)c(=O)n(CCC(=O)Nc2ccc(C34CC5CC(CC(C5)C3)C4)cc2)c1=O. The minimum atomic E-state index is -0.498. The molecule has 0 unspecified atom stereocenters. The van der Waals surface area contributed by atoms with E-state index in [1.54, 1.807) is 6.20 Å². The molecule has 8 bridgehead atoms. The highest BCUT2D eigenvalue weighted by Gasteiger charge is 2.52. The summed E-state index contributed by atoms with van der Waals surface area (Å²) in [7, 11) is 0. The zero-order valence-electron chi connectivity index (χ0n) is 30.7. The van der Waals surface area contributed by atoms with Gasteiger partial charge in [0.05, 0.1) is 0 Å². The van der Waals surface area contributed by atoms with Gasteiger partial charge in [0.25, 0.3) is 5.56 Å². The first-order chi connectivity index (χ1) is 25.2. The number of amides is 2. The number of aryl methyl sites for hydroxylation is 2. The van der Waals surface area contributed by atoms with E-state index in [1.807, 2.05) is 31.2 Å². The van der Waals surface area contributed by atoms with Crippen molar-refractivity contribution in [2.24, 2.45) is 35.5 Å². The molecule has 8 aliphatic rings. The molecule has 52 heavy (non-hydrogen) atoms. The largest absolute Gasteiger partial charge is 0.330 e. The molecule has 1 aromatic heterocycles. The molecule has 1 heterocycles. The number of anilines is 2. The van der Waals surface area contributed by atoms with Crippen LogP contribution in [-0.4, -0.2) is 20.9 Å². The average Bonchev–Trinajstić information content (AvgIpc) is 3.11. The third kappa shape index (κ3) is 6.28. The van der Waals surface area contributed by atoms with E-state index in [4.69, 9.17) is 0 Å². The fourth-order valence-electron chi connectivity index (χ4n) is 12.9. The number of carbonyl (C=O) groups is 2. The highest BCUT2D eigenvalue weighted by Crippen LogP contribution is 2.62. The van der Waals surface area contributed by atoms with Crippen LogP contribution in [0.4, 0.5) is 11.4 Å². The molecule has 3 aromatic rings. The van der Waals surface area contributed by atoms with E-state index in [9.17, 15) is 19.2 Å². The minimum Gasteiger partial charge on any atom is -0.326 e. The van der Waals surface area contributed by atoms with Gasteiger partial charge in [-0.2, -0.15) is 0 Å². The highest BCUT2D eigenvalue weighted by atomic mass is 16.2. The van der Waals surface area contributed by atoms with Gasteiger partial charge in [0.15, 0.2) is 0 Å². The number of aromatic nitrogens is 2. The quantitative estimate of drug-likeness (QED) is 0.215. The Morgan fingerprint density at radius 1 is 0.615 bits per heavy atom. The molecule has 2 amide bonds. The first-order valence-corrected chi connectivity index (χ1v) is 20.3. The zero-order chi connectivity index (χ0) is 35.6. The standard InChI is InChI=1S/C44H54N4O4/c1-2-34-27-47(13-11-39(49)45-37-7-3-35(4-8-37)43-21-28-15-29(22-43)17-30(16-28)23-43)42(52)48(41(34)51)14-12-40(50)46-38-9-5-36(6-10-38)44-24-31-18-32(25-44)20-33(19-31)26-44/h3-10,27-33H,2,11-26H2,1H3,(H,45,49)(H,46,50). The van der Waals surface area contributed by atoms with Crippen molar-refractivity contribution in [3.05, 3.63) is 92.3 Å². The van der Waals surface area contributed by atoms with Crippen molar-refractivity contribution in [1.82, 2.24) is 9.13 Å². The second-order valence-electron chi connectivity index (χ2n) is 18.1. The molecule has 11 rings (SSSR count). The Balaban J connectivity index is 0.803. The van der Waals surface area contributed by atoms with E-state index in [0.29, 0.717) is 22.8 Å². The van der Waals surface area contributed by atoms with Gasteiger partial charge in [0.1, 0.15) is 0 Å². The Morgan fingerprint density at radius 2 is 1.00 bits per heavy atom. The van der Waals surface area contributed by atoms with Crippen molar-refractivity contribution in [3.8, 4) is 0 Å². The van der Waals surface area contributed by atoms with Gasteiger partial charge < -0.3 is 10.6 Å². The summed E-state index contributed by atoms with van der Waals surface area (Å²) in [5.41, 5.74) is 4.57. The van der Waals surface area contributed by atoms with E-state index in [-0.39, 0.29) is 43.3 Å². The molecule has 8 heteroatoms. The molecule has 8 fully saturated rings. The molecular weight excluding hydrogens is 649 g/mol. The molecule has 0 radical (unpaired) electrons. The second kappa shape index (κ2) is 13.2. The number of benzene rings is 2. The van der Waals surface area contributed by atoms with Crippen LogP contribution >= 0.6 is 0 Å². The molecule has 8 saturated carbocycles. The summed E-state index contributed by atoms with van der Waals surface area (Å²) in [5.74, 6) is 4.85. The predicted octanol–water partition coefficient (Wildman–Crippen LogP) is 7.57. The Hall–Kier alpha value is -3.94. The number of rotatable bonds is 11. The monoisotopic (exact) mass is 702 g/mol.